The maximum absolute atomic E-state index is 6.64. The smallest absolute Gasteiger partial charge is 0.123 e. The van der Waals surface area contributed by atoms with Crippen LogP contribution in [-0.2, 0) is 6.42 Å². The van der Waals surface area contributed by atoms with E-state index in [1.165, 1.54) is 11.1 Å². The van der Waals surface area contributed by atoms with Gasteiger partial charge >= 0.3 is 0 Å². The van der Waals surface area contributed by atoms with Crippen molar-refractivity contribution >= 4 is 27.5 Å². The zero-order valence-electron chi connectivity index (χ0n) is 11.5. The van der Waals surface area contributed by atoms with Crippen molar-refractivity contribution in [1.82, 2.24) is 0 Å². The number of hydrogen-bond acceptors (Lipinski definition) is 1. The van der Waals surface area contributed by atoms with Crippen LogP contribution in [0.1, 0.15) is 34.6 Å². The van der Waals surface area contributed by atoms with Gasteiger partial charge in [0.1, 0.15) is 11.9 Å². The molecule has 20 heavy (non-hydrogen) atoms. The van der Waals surface area contributed by atoms with Crippen LogP contribution < -0.4 is 4.74 Å². The largest absolute Gasteiger partial charge is 0.490 e. The predicted molar refractivity (Wildman–Crippen MR) is 86.8 cm³/mol. The van der Waals surface area contributed by atoms with Crippen LogP contribution in [0.4, 0.5) is 0 Å². The molecule has 0 amide bonds. The highest BCUT2D eigenvalue weighted by atomic mass is 79.9. The van der Waals surface area contributed by atoms with Crippen molar-refractivity contribution in [3.05, 3.63) is 63.1 Å². The van der Waals surface area contributed by atoms with Gasteiger partial charge in [-0.1, -0.05) is 40.2 Å². The summed E-state index contributed by atoms with van der Waals surface area (Å²) in [6.45, 7) is 4.17. The summed E-state index contributed by atoms with van der Waals surface area (Å²) >= 11 is 10.2. The maximum Gasteiger partial charge on any atom is 0.123 e. The first kappa shape index (κ1) is 14.0. The van der Waals surface area contributed by atoms with E-state index in [1.54, 1.807) is 0 Å². The third-order valence-corrected chi connectivity index (χ3v) is 5.08. The lowest BCUT2D eigenvalue weighted by atomic mass is 9.99. The van der Waals surface area contributed by atoms with Gasteiger partial charge < -0.3 is 4.74 Å². The number of fused-ring (bicyclic) bond motifs is 1. The van der Waals surface area contributed by atoms with Crippen LogP contribution in [0.3, 0.4) is 0 Å². The van der Waals surface area contributed by atoms with E-state index in [-0.39, 0.29) is 11.5 Å². The summed E-state index contributed by atoms with van der Waals surface area (Å²) in [6, 6.07) is 12.5. The number of hydrogen-bond donors (Lipinski definition) is 0. The first-order valence-corrected chi connectivity index (χ1v) is 7.97. The number of alkyl halides is 1. The first-order valence-electron chi connectivity index (χ1n) is 6.74. The molecule has 0 spiro atoms. The Balaban J connectivity index is 1.93. The van der Waals surface area contributed by atoms with E-state index in [2.05, 4.69) is 60.1 Å². The second-order valence-corrected chi connectivity index (χ2v) is 6.66. The Labute approximate surface area is 133 Å². The second-order valence-electron chi connectivity index (χ2n) is 5.37. The molecule has 104 valence electrons. The summed E-state index contributed by atoms with van der Waals surface area (Å²) in [5.74, 6) is 0.997. The fourth-order valence-corrected chi connectivity index (χ4v) is 3.14. The van der Waals surface area contributed by atoms with E-state index in [4.69, 9.17) is 16.3 Å². The van der Waals surface area contributed by atoms with E-state index >= 15 is 0 Å². The van der Waals surface area contributed by atoms with Crippen molar-refractivity contribution in [2.45, 2.75) is 31.7 Å². The lowest BCUT2D eigenvalue weighted by molar-refractivity contribution is 0.254. The molecule has 2 aromatic rings. The van der Waals surface area contributed by atoms with Crippen molar-refractivity contribution in [3.8, 4) is 5.75 Å². The molecule has 2 aromatic carbocycles. The van der Waals surface area contributed by atoms with Crippen LogP contribution >= 0.6 is 27.5 Å². The third kappa shape index (κ3) is 2.59. The number of ether oxygens (including phenoxy) is 1. The molecule has 1 nitrogen and oxygen atoms in total. The van der Waals surface area contributed by atoms with Crippen molar-refractivity contribution < 1.29 is 4.74 Å². The van der Waals surface area contributed by atoms with Crippen LogP contribution in [0.2, 0.25) is 0 Å². The Kier molecular flexibility index (Phi) is 3.78. The first-order chi connectivity index (χ1) is 9.54. The maximum atomic E-state index is 6.64. The molecule has 2 unspecified atom stereocenters. The molecule has 0 fully saturated rings. The van der Waals surface area contributed by atoms with E-state index < -0.39 is 0 Å². The van der Waals surface area contributed by atoms with Crippen molar-refractivity contribution in [1.29, 1.82) is 0 Å². The molecule has 0 radical (unpaired) electrons. The zero-order valence-corrected chi connectivity index (χ0v) is 13.8. The zero-order chi connectivity index (χ0) is 14.3. The molecule has 0 saturated heterocycles. The van der Waals surface area contributed by atoms with Crippen LogP contribution in [0, 0.1) is 6.92 Å². The lowest BCUT2D eigenvalue weighted by Gasteiger charge is -2.13. The number of rotatable bonds is 2. The minimum Gasteiger partial charge on any atom is -0.490 e. The Morgan fingerprint density at radius 2 is 1.90 bits per heavy atom. The quantitative estimate of drug-likeness (QED) is 0.657. The van der Waals surface area contributed by atoms with E-state index in [0.717, 1.165) is 27.8 Å². The highest BCUT2D eigenvalue weighted by Crippen LogP contribution is 2.36. The van der Waals surface area contributed by atoms with Gasteiger partial charge in [0.15, 0.2) is 0 Å². The SMILES string of the molecule is Cc1cc(C(Cl)c2ccc3c(c2)CC(C)O3)ccc1Br. The second kappa shape index (κ2) is 5.42. The molecule has 1 heterocycles. The molecule has 0 N–H and O–H groups in total. The molecule has 3 heteroatoms. The number of aryl methyl sites for hydroxylation is 1. The van der Waals surface area contributed by atoms with Crippen molar-refractivity contribution in [3.63, 3.8) is 0 Å². The summed E-state index contributed by atoms with van der Waals surface area (Å²) in [5, 5.41) is -0.122. The van der Waals surface area contributed by atoms with Gasteiger partial charge in [-0.15, -0.1) is 11.6 Å². The van der Waals surface area contributed by atoms with Gasteiger partial charge in [0.2, 0.25) is 0 Å². The summed E-state index contributed by atoms with van der Waals surface area (Å²) in [6.07, 6.45) is 1.23. The Bertz CT molecular complexity index is 653. The van der Waals surface area contributed by atoms with Gasteiger partial charge in [0, 0.05) is 10.9 Å². The molecular formula is C17H16BrClO. The van der Waals surface area contributed by atoms with Crippen LogP contribution in [0.15, 0.2) is 40.9 Å². The minimum absolute atomic E-state index is 0.122. The third-order valence-electron chi connectivity index (χ3n) is 3.69. The monoisotopic (exact) mass is 350 g/mol. The van der Waals surface area contributed by atoms with Crippen molar-refractivity contribution in [2.24, 2.45) is 0 Å². The number of halogens is 2. The van der Waals surface area contributed by atoms with Crippen LogP contribution in [0.25, 0.3) is 0 Å². The summed E-state index contributed by atoms with van der Waals surface area (Å²) in [4.78, 5) is 0. The molecule has 0 saturated carbocycles. The molecule has 1 aliphatic rings. The highest BCUT2D eigenvalue weighted by molar-refractivity contribution is 9.10. The van der Waals surface area contributed by atoms with Gasteiger partial charge in [-0.05, 0) is 48.2 Å². The van der Waals surface area contributed by atoms with Crippen LogP contribution in [-0.4, -0.2) is 6.10 Å². The Hall–Kier alpha value is -0.990. The summed E-state index contributed by atoms with van der Waals surface area (Å²) in [5.41, 5.74) is 4.71. The van der Waals surface area contributed by atoms with Gasteiger partial charge in [-0.2, -0.15) is 0 Å². The molecule has 0 bridgehead atoms. The molecular weight excluding hydrogens is 336 g/mol. The number of benzene rings is 2. The van der Waals surface area contributed by atoms with Crippen molar-refractivity contribution in [2.75, 3.05) is 0 Å². The molecule has 2 atom stereocenters. The molecule has 1 aliphatic heterocycles. The average molecular weight is 352 g/mol. The van der Waals surface area contributed by atoms with Gasteiger partial charge in [0.05, 0.1) is 5.38 Å². The minimum atomic E-state index is -0.122. The highest BCUT2D eigenvalue weighted by Gasteiger charge is 2.21. The topological polar surface area (TPSA) is 9.23 Å². The van der Waals surface area contributed by atoms with E-state index in [1.807, 2.05) is 6.07 Å². The molecule has 0 aliphatic carbocycles. The van der Waals surface area contributed by atoms with E-state index in [9.17, 15) is 0 Å². The molecule has 3 rings (SSSR count). The summed E-state index contributed by atoms with van der Waals surface area (Å²) < 4.78 is 6.85. The summed E-state index contributed by atoms with van der Waals surface area (Å²) in [7, 11) is 0. The fourth-order valence-electron chi connectivity index (χ4n) is 2.62. The predicted octanol–water partition coefficient (Wildman–Crippen LogP) is 5.41. The average Bonchev–Trinajstić information content (AvgIpc) is 2.80. The van der Waals surface area contributed by atoms with Gasteiger partial charge in [-0.25, -0.2) is 0 Å². The fraction of sp³-hybridized carbons (Fsp3) is 0.294. The normalized spacial score (nSPS) is 18.5. The van der Waals surface area contributed by atoms with Gasteiger partial charge in [-0.3, -0.25) is 0 Å². The Morgan fingerprint density at radius 3 is 2.65 bits per heavy atom. The van der Waals surface area contributed by atoms with Crippen LogP contribution in [0.5, 0.6) is 5.75 Å². The lowest BCUT2D eigenvalue weighted by Crippen LogP contribution is -2.05. The standard InChI is InChI=1S/C17H16BrClO/c1-10-7-12(3-5-15(10)18)17(19)13-4-6-16-14(9-13)8-11(2)20-16/h3-7,9,11,17H,8H2,1-2H3. The van der Waals surface area contributed by atoms with Gasteiger partial charge in [0.25, 0.3) is 0 Å². The molecule has 0 aromatic heterocycles. The Morgan fingerprint density at radius 1 is 1.20 bits per heavy atom. The van der Waals surface area contributed by atoms with E-state index in [0.29, 0.717) is 0 Å².